The number of anilines is 2. The molecule has 0 bridgehead atoms. The first-order valence-electron chi connectivity index (χ1n) is 12.8. The molecule has 3 heterocycles. The van der Waals surface area contributed by atoms with Crippen LogP contribution in [0.2, 0.25) is 0 Å². The molecular formula is C28H28F4N4O4S. The first-order valence-corrected chi connectivity index (χ1v) is 13.7. The van der Waals surface area contributed by atoms with Crippen LogP contribution in [0.4, 0.5) is 34.6 Å². The van der Waals surface area contributed by atoms with E-state index in [2.05, 4.69) is 4.90 Å². The van der Waals surface area contributed by atoms with Crippen molar-refractivity contribution in [1.82, 2.24) is 4.90 Å². The molecule has 0 saturated carbocycles. The summed E-state index contributed by atoms with van der Waals surface area (Å²) in [7, 11) is 2.75. The van der Waals surface area contributed by atoms with Crippen LogP contribution < -0.4 is 19.3 Å². The highest BCUT2D eigenvalue weighted by molar-refractivity contribution is 7.10. The number of aliphatic imine (C=N–C) groups is 1. The quantitative estimate of drug-likeness (QED) is 0.344. The number of thiophene rings is 1. The van der Waals surface area contributed by atoms with Crippen molar-refractivity contribution in [2.75, 3.05) is 43.7 Å². The van der Waals surface area contributed by atoms with Gasteiger partial charge in [-0.25, -0.2) is 9.38 Å². The van der Waals surface area contributed by atoms with E-state index < -0.39 is 29.6 Å². The van der Waals surface area contributed by atoms with Crippen molar-refractivity contribution in [3.05, 3.63) is 64.1 Å². The molecule has 218 valence electrons. The van der Waals surface area contributed by atoms with Gasteiger partial charge >= 0.3 is 12.1 Å². The van der Waals surface area contributed by atoms with Gasteiger partial charge < -0.3 is 24.4 Å². The van der Waals surface area contributed by atoms with Gasteiger partial charge in [-0.2, -0.15) is 13.2 Å². The van der Waals surface area contributed by atoms with E-state index in [1.54, 1.807) is 28.5 Å². The lowest BCUT2D eigenvalue weighted by molar-refractivity contribution is -0.138. The molecule has 41 heavy (non-hydrogen) atoms. The van der Waals surface area contributed by atoms with E-state index in [1.165, 1.54) is 37.7 Å². The number of ether oxygens (including phenoxy) is 2. The molecule has 1 saturated heterocycles. The van der Waals surface area contributed by atoms with Crippen LogP contribution in [0.5, 0.6) is 11.5 Å². The lowest BCUT2D eigenvalue weighted by atomic mass is 10.0. The topological polar surface area (TPSA) is 77.8 Å². The number of halogens is 4. The molecule has 13 heteroatoms. The van der Waals surface area contributed by atoms with E-state index in [0.717, 1.165) is 17.8 Å². The number of fused-ring (bicyclic) bond motifs is 1. The van der Waals surface area contributed by atoms with Gasteiger partial charge in [0.2, 0.25) is 5.96 Å². The normalized spacial score (nSPS) is 19.1. The number of rotatable bonds is 6. The number of guanidine groups is 1. The van der Waals surface area contributed by atoms with Crippen LogP contribution in [-0.2, 0) is 11.0 Å². The first kappa shape index (κ1) is 28.5. The van der Waals surface area contributed by atoms with Crippen LogP contribution in [0.3, 0.4) is 0 Å². The van der Waals surface area contributed by atoms with Crippen molar-refractivity contribution in [1.29, 1.82) is 0 Å². The zero-order valence-corrected chi connectivity index (χ0v) is 23.3. The molecule has 2 aliphatic rings. The number of hydrogen-bond donors (Lipinski definition) is 1. The Morgan fingerprint density at radius 1 is 1.10 bits per heavy atom. The standard InChI is InChI=1S/C28H28F4N4O4S/c1-16-15-34(9-10-35(16)18-5-6-19(29)24(13-18)40-3)27-33-20-8-11-41-26(20)22(14-25(37)38)36(27)21-12-17(28(30,31)32)4-7-23(21)39-2/h4-8,11-13,16,22H,9-10,14-15H2,1-3H3,(H,37,38)/t16-,22?/m1/s1. The molecule has 1 N–H and O–H groups in total. The molecule has 0 spiro atoms. The predicted molar refractivity (Wildman–Crippen MR) is 148 cm³/mol. The highest BCUT2D eigenvalue weighted by Gasteiger charge is 2.41. The van der Waals surface area contributed by atoms with Crippen LogP contribution in [0.1, 0.15) is 29.8 Å². The van der Waals surface area contributed by atoms with E-state index in [4.69, 9.17) is 14.5 Å². The van der Waals surface area contributed by atoms with Gasteiger partial charge in [0.05, 0.1) is 48.5 Å². The predicted octanol–water partition coefficient (Wildman–Crippen LogP) is 6.16. The maximum atomic E-state index is 14.0. The summed E-state index contributed by atoms with van der Waals surface area (Å²) in [5, 5.41) is 11.6. The van der Waals surface area contributed by atoms with Gasteiger partial charge in [-0.1, -0.05) is 0 Å². The zero-order valence-electron chi connectivity index (χ0n) is 22.5. The number of carboxylic acids is 1. The van der Waals surface area contributed by atoms with Crippen molar-refractivity contribution < 1.29 is 36.9 Å². The molecule has 8 nitrogen and oxygen atoms in total. The largest absolute Gasteiger partial charge is 0.495 e. The summed E-state index contributed by atoms with van der Waals surface area (Å²) in [6.45, 7) is 3.30. The zero-order chi connectivity index (χ0) is 29.5. The molecule has 0 amide bonds. The van der Waals surface area contributed by atoms with Crippen LogP contribution in [-0.4, -0.2) is 61.8 Å². The molecule has 3 aromatic rings. The maximum Gasteiger partial charge on any atom is 0.416 e. The molecule has 2 aliphatic heterocycles. The van der Waals surface area contributed by atoms with Gasteiger partial charge in [0.1, 0.15) is 5.75 Å². The first-order chi connectivity index (χ1) is 19.5. The number of benzene rings is 2. The molecular weight excluding hydrogens is 564 g/mol. The number of methoxy groups -OCH3 is 2. The second kappa shape index (κ2) is 11.1. The van der Waals surface area contributed by atoms with Gasteiger partial charge in [-0.15, -0.1) is 11.3 Å². The van der Waals surface area contributed by atoms with Gasteiger partial charge in [0.25, 0.3) is 0 Å². The third-order valence-corrected chi connectivity index (χ3v) is 8.24. The number of carbonyl (C=O) groups is 1. The van der Waals surface area contributed by atoms with Gasteiger partial charge in [-0.3, -0.25) is 9.69 Å². The fourth-order valence-corrected chi connectivity index (χ4v) is 6.25. The molecule has 2 aromatic carbocycles. The summed E-state index contributed by atoms with van der Waals surface area (Å²) in [6, 6.07) is 8.63. The molecule has 1 unspecified atom stereocenters. The minimum Gasteiger partial charge on any atom is -0.495 e. The lowest BCUT2D eigenvalue weighted by Crippen LogP contribution is -2.58. The molecule has 0 radical (unpaired) electrons. The second-order valence-corrected chi connectivity index (χ2v) is 10.7. The van der Waals surface area contributed by atoms with E-state index in [1.807, 2.05) is 11.8 Å². The summed E-state index contributed by atoms with van der Waals surface area (Å²) in [6.07, 6.45) is -4.99. The summed E-state index contributed by atoms with van der Waals surface area (Å²) in [4.78, 5) is 23.1. The van der Waals surface area contributed by atoms with E-state index in [0.29, 0.717) is 36.2 Å². The van der Waals surface area contributed by atoms with Crippen LogP contribution in [0, 0.1) is 5.82 Å². The Hall–Kier alpha value is -4.00. The van der Waals surface area contributed by atoms with Crippen molar-refractivity contribution in [3.63, 3.8) is 0 Å². The number of piperazine rings is 1. The summed E-state index contributed by atoms with van der Waals surface area (Å²) < 4.78 is 66.1. The Labute approximate surface area is 238 Å². The lowest BCUT2D eigenvalue weighted by Gasteiger charge is -2.47. The van der Waals surface area contributed by atoms with E-state index >= 15 is 0 Å². The minimum atomic E-state index is -4.62. The molecule has 1 fully saturated rings. The number of nitrogens with zero attached hydrogens (tertiary/aromatic N) is 4. The number of alkyl halides is 3. The Morgan fingerprint density at radius 2 is 1.85 bits per heavy atom. The van der Waals surface area contributed by atoms with Crippen molar-refractivity contribution >= 4 is 40.3 Å². The van der Waals surface area contributed by atoms with E-state index in [-0.39, 0.29) is 29.6 Å². The average molecular weight is 593 g/mol. The van der Waals surface area contributed by atoms with Crippen molar-refractivity contribution in [2.24, 2.45) is 4.99 Å². The third kappa shape index (κ3) is 5.50. The second-order valence-electron chi connectivity index (χ2n) is 9.76. The van der Waals surface area contributed by atoms with Crippen molar-refractivity contribution in [2.45, 2.75) is 31.6 Å². The van der Waals surface area contributed by atoms with Gasteiger partial charge in [0, 0.05) is 37.4 Å². The highest BCUT2D eigenvalue weighted by Crippen LogP contribution is 2.47. The monoisotopic (exact) mass is 592 g/mol. The van der Waals surface area contributed by atoms with E-state index in [9.17, 15) is 27.5 Å². The fraction of sp³-hybridized carbons (Fsp3) is 0.357. The Kier molecular flexibility index (Phi) is 7.73. The Bertz CT molecular complexity index is 1480. The Balaban J connectivity index is 1.57. The average Bonchev–Trinajstić information content (AvgIpc) is 3.41. The number of hydrogen-bond acceptors (Lipinski definition) is 8. The highest BCUT2D eigenvalue weighted by atomic mass is 32.1. The minimum absolute atomic E-state index is 0.0738. The third-order valence-electron chi connectivity index (χ3n) is 7.23. The number of aliphatic carboxylic acids is 1. The number of carboxylic acid groups (broad SMARTS) is 1. The molecule has 2 atom stereocenters. The van der Waals surface area contributed by atoms with Gasteiger partial charge in [-0.05, 0) is 48.7 Å². The van der Waals surface area contributed by atoms with Crippen molar-refractivity contribution in [3.8, 4) is 11.5 Å². The Morgan fingerprint density at radius 3 is 2.51 bits per heavy atom. The van der Waals surface area contributed by atoms with Crippen LogP contribution in [0.25, 0.3) is 0 Å². The molecule has 1 aromatic heterocycles. The van der Waals surface area contributed by atoms with Gasteiger partial charge in [0.15, 0.2) is 11.6 Å². The smallest absolute Gasteiger partial charge is 0.416 e. The SMILES string of the molecule is COc1cc(N2CCN(C3=Nc4ccsc4C(CC(=O)O)N3c3cc(C(F)(F)F)ccc3OC)C[C@H]2C)ccc1F. The summed E-state index contributed by atoms with van der Waals surface area (Å²) in [5.74, 6) is -0.956. The summed E-state index contributed by atoms with van der Waals surface area (Å²) >= 11 is 1.30. The molecule has 0 aliphatic carbocycles. The fourth-order valence-electron chi connectivity index (χ4n) is 5.33. The summed E-state index contributed by atoms with van der Waals surface area (Å²) in [5.41, 5.74) is 0.532. The van der Waals surface area contributed by atoms with Crippen LogP contribution >= 0.6 is 11.3 Å². The maximum absolute atomic E-state index is 14.0. The van der Waals surface area contributed by atoms with Crippen LogP contribution in [0.15, 0.2) is 52.8 Å². The molecule has 5 rings (SSSR count).